The second-order valence-corrected chi connectivity index (χ2v) is 3.18. The smallest absolute Gasteiger partial charge is 0.0496 e. The molecule has 0 saturated carbocycles. The van der Waals surface area contributed by atoms with Crippen LogP contribution in [-0.4, -0.2) is 36.0 Å². The Balaban J connectivity index is 0.00000121. The maximum Gasteiger partial charge on any atom is 0.0496 e. The summed E-state index contributed by atoms with van der Waals surface area (Å²) in [5.41, 5.74) is 0. The van der Waals surface area contributed by atoms with Gasteiger partial charge < -0.3 is 15.5 Å². The molecule has 0 aromatic rings. The van der Waals surface area contributed by atoms with E-state index in [0.717, 1.165) is 13.0 Å². The second kappa shape index (κ2) is 6.66. The predicted molar refractivity (Wildman–Crippen MR) is 50.6 cm³/mol. The van der Waals surface area contributed by atoms with E-state index in [0.29, 0.717) is 6.04 Å². The fourth-order valence-corrected chi connectivity index (χ4v) is 1.59. The van der Waals surface area contributed by atoms with Crippen molar-refractivity contribution in [1.29, 1.82) is 0 Å². The minimum atomic E-state index is 0. The molecule has 3 nitrogen and oxygen atoms in total. The first kappa shape index (κ1) is 12.2. The first-order valence-corrected chi connectivity index (χ1v) is 4.33. The summed E-state index contributed by atoms with van der Waals surface area (Å²) in [4.78, 5) is 0. The fraction of sp³-hybridized carbons (Fsp3) is 1.00. The number of aliphatic hydroxyl groups excluding tert-OH is 2. The average molecular weight is 196 g/mol. The summed E-state index contributed by atoms with van der Waals surface area (Å²) in [5.74, 6) is 0.0373. The van der Waals surface area contributed by atoms with E-state index in [9.17, 15) is 0 Å². The summed E-state index contributed by atoms with van der Waals surface area (Å²) < 4.78 is 0. The standard InChI is InChI=1S/C8H17NO2.ClH/c10-5-7(6-11)8-3-1-2-4-9-8;/h7-11H,1-6H2;1H. The molecule has 1 aliphatic heterocycles. The topological polar surface area (TPSA) is 52.5 Å². The van der Waals surface area contributed by atoms with E-state index in [4.69, 9.17) is 10.2 Å². The molecule has 3 N–H and O–H groups in total. The Labute approximate surface area is 79.6 Å². The Morgan fingerprint density at radius 1 is 1.25 bits per heavy atom. The molecule has 12 heavy (non-hydrogen) atoms. The lowest BCUT2D eigenvalue weighted by molar-refractivity contribution is 0.110. The van der Waals surface area contributed by atoms with Crippen LogP contribution in [-0.2, 0) is 0 Å². The molecule has 1 aliphatic rings. The quantitative estimate of drug-likeness (QED) is 0.601. The zero-order chi connectivity index (χ0) is 8.10. The predicted octanol–water partition coefficient (Wildman–Crippen LogP) is 0.151. The van der Waals surface area contributed by atoms with Gasteiger partial charge in [0, 0.05) is 25.2 Å². The van der Waals surface area contributed by atoms with Gasteiger partial charge in [-0.15, -0.1) is 12.4 Å². The van der Waals surface area contributed by atoms with E-state index in [1.165, 1.54) is 12.8 Å². The van der Waals surface area contributed by atoms with E-state index in [1.54, 1.807) is 0 Å². The van der Waals surface area contributed by atoms with Gasteiger partial charge in [0.15, 0.2) is 0 Å². The molecule has 0 radical (unpaired) electrons. The molecule has 0 aromatic carbocycles. The van der Waals surface area contributed by atoms with E-state index in [-0.39, 0.29) is 31.5 Å². The number of nitrogens with one attached hydrogen (secondary N) is 1. The van der Waals surface area contributed by atoms with Gasteiger partial charge in [-0.1, -0.05) is 6.42 Å². The van der Waals surface area contributed by atoms with Crippen LogP contribution in [0.25, 0.3) is 0 Å². The molecule has 1 saturated heterocycles. The van der Waals surface area contributed by atoms with Crippen molar-refractivity contribution in [2.45, 2.75) is 25.3 Å². The van der Waals surface area contributed by atoms with Crippen molar-refractivity contribution >= 4 is 12.4 Å². The Morgan fingerprint density at radius 3 is 2.33 bits per heavy atom. The van der Waals surface area contributed by atoms with E-state index < -0.39 is 0 Å². The first-order chi connectivity index (χ1) is 5.38. The molecule has 1 unspecified atom stereocenters. The fourth-order valence-electron chi connectivity index (χ4n) is 1.59. The van der Waals surface area contributed by atoms with Gasteiger partial charge in [0.25, 0.3) is 0 Å². The van der Waals surface area contributed by atoms with Crippen molar-refractivity contribution in [2.75, 3.05) is 19.8 Å². The van der Waals surface area contributed by atoms with Gasteiger partial charge >= 0.3 is 0 Å². The van der Waals surface area contributed by atoms with Crippen molar-refractivity contribution < 1.29 is 10.2 Å². The monoisotopic (exact) mass is 195 g/mol. The molecule has 74 valence electrons. The van der Waals surface area contributed by atoms with Crippen LogP contribution in [0, 0.1) is 5.92 Å². The molecule has 1 heterocycles. The zero-order valence-electron chi connectivity index (χ0n) is 7.20. The number of aliphatic hydroxyl groups is 2. The van der Waals surface area contributed by atoms with Crippen molar-refractivity contribution in [3.8, 4) is 0 Å². The second-order valence-electron chi connectivity index (χ2n) is 3.18. The summed E-state index contributed by atoms with van der Waals surface area (Å²) in [7, 11) is 0. The Kier molecular flexibility index (Phi) is 6.76. The molecule has 0 aromatic heterocycles. The molecular formula is C8H18ClNO2. The summed E-state index contributed by atoms with van der Waals surface area (Å²) in [6.07, 6.45) is 3.53. The molecule has 0 spiro atoms. The number of rotatable bonds is 3. The number of hydrogen-bond donors (Lipinski definition) is 3. The Morgan fingerprint density at radius 2 is 1.92 bits per heavy atom. The molecule has 4 heteroatoms. The van der Waals surface area contributed by atoms with Crippen LogP contribution in [0.1, 0.15) is 19.3 Å². The Hall–Kier alpha value is 0.170. The van der Waals surface area contributed by atoms with Crippen molar-refractivity contribution in [2.24, 2.45) is 5.92 Å². The van der Waals surface area contributed by atoms with Crippen LogP contribution in [0.15, 0.2) is 0 Å². The molecule has 0 amide bonds. The maximum atomic E-state index is 8.88. The molecule has 0 aliphatic carbocycles. The summed E-state index contributed by atoms with van der Waals surface area (Å²) in [6, 6.07) is 0.332. The highest BCUT2D eigenvalue weighted by Crippen LogP contribution is 2.14. The van der Waals surface area contributed by atoms with Crippen molar-refractivity contribution in [3.05, 3.63) is 0 Å². The van der Waals surface area contributed by atoms with Crippen LogP contribution in [0.4, 0.5) is 0 Å². The van der Waals surface area contributed by atoms with Gasteiger partial charge in [0.2, 0.25) is 0 Å². The largest absolute Gasteiger partial charge is 0.396 e. The van der Waals surface area contributed by atoms with Gasteiger partial charge in [-0.2, -0.15) is 0 Å². The molecular weight excluding hydrogens is 178 g/mol. The first-order valence-electron chi connectivity index (χ1n) is 4.33. The summed E-state index contributed by atoms with van der Waals surface area (Å²) >= 11 is 0. The van der Waals surface area contributed by atoms with Crippen LogP contribution in [0.2, 0.25) is 0 Å². The Bertz CT molecular complexity index is 103. The minimum absolute atomic E-state index is 0. The van der Waals surface area contributed by atoms with Gasteiger partial charge in [-0.05, 0) is 19.4 Å². The highest BCUT2D eigenvalue weighted by atomic mass is 35.5. The number of halogens is 1. The summed E-state index contributed by atoms with van der Waals surface area (Å²) in [6.45, 7) is 1.21. The molecule has 0 bridgehead atoms. The van der Waals surface area contributed by atoms with E-state index >= 15 is 0 Å². The lowest BCUT2D eigenvalue weighted by Crippen LogP contribution is -2.42. The third-order valence-electron chi connectivity index (χ3n) is 2.39. The normalized spacial score (nSPS) is 23.8. The van der Waals surface area contributed by atoms with Crippen LogP contribution >= 0.6 is 12.4 Å². The van der Waals surface area contributed by atoms with Crippen LogP contribution in [0.5, 0.6) is 0 Å². The lowest BCUT2D eigenvalue weighted by atomic mass is 9.93. The van der Waals surface area contributed by atoms with Crippen LogP contribution < -0.4 is 5.32 Å². The van der Waals surface area contributed by atoms with Crippen LogP contribution in [0.3, 0.4) is 0 Å². The third kappa shape index (κ3) is 3.27. The average Bonchev–Trinajstić information content (AvgIpc) is 2.09. The van der Waals surface area contributed by atoms with E-state index in [1.807, 2.05) is 0 Å². The molecule has 1 atom stereocenters. The number of hydrogen-bond acceptors (Lipinski definition) is 3. The van der Waals surface area contributed by atoms with Gasteiger partial charge in [0.05, 0.1) is 0 Å². The van der Waals surface area contributed by atoms with E-state index in [2.05, 4.69) is 5.32 Å². The lowest BCUT2D eigenvalue weighted by Gasteiger charge is -2.28. The zero-order valence-corrected chi connectivity index (χ0v) is 8.02. The molecule has 1 fully saturated rings. The molecule has 1 rings (SSSR count). The highest BCUT2D eigenvalue weighted by Gasteiger charge is 2.21. The maximum absolute atomic E-state index is 8.88. The minimum Gasteiger partial charge on any atom is -0.396 e. The highest BCUT2D eigenvalue weighted by molar-refractivity contribution is 5.85. The van der Waals surface area contributed by atoms with Crippen molar-refractivity contribution in [1.82, 2.24) is 5.32 Å². The van der Waals surface area contributed by atoms with Gasteiger partial charge in [0.1, 0.15) is 0 Å². The summed E-state index contributed by atoms with van der Waals surface area (Å²) in [5, 5.41) is 21.1. The SMILES string of the molecule is Cl.OCC(CO)C1CCCCN1. The third-order valence-corrected chi connectivity index (χ3v) is 2.39. The van der Waals surface area contributed by atoms with Crippen molar-refractivity contribution in [3.63, 3.8) is 0 Å². The van der Waals surface area contributed by atoms with Gasteiger partial charge in [-0.25, -0.2) is 0 Å². The van der Waals surface area contributed by atoms with Gasteiger partial charge in [-0.3, -0.25) is 0 Å². The number of piperidine rings is 1.